The molecule has 0 aliphatic rings. The zero-order valence-electron chi connectivity index (χ0n) is 13.8. The van der Waals surface area contributed by atoms with Gasteiger partial charge in [0.15, 0.2) is 11.5 Å². The first-order valence-corrected chi connectivity index (χ1v) is 8.22. The lowest BCUT2D eigenvalue weighted by Gasteiger charge is -2.19. The van der Waals surface area contributed by atoms with E-state index in [1.165, 1.54) is 28.3 Å². The first-order chi connectivity index (χ1) is 11.2. The summed E-state index contributed by atoms with van der Waals surface area (Å²) >= 11 is 0. The zero-order valence-corrected chi connectivity index (χ0v) is 14.6. The third-order valence-corrected chi connectivity index (χ3v) is 3.72. The molecule has 0 bridgehead atoms. The Morgan fingerprint density at radius 1 is 1.08 bits per heavy atom. The first-order valence-electron chi connectivity index (χ1n) is 6.86. The van der Waals surface area contributed by atoms with Crippen LogP contribution in [0.15, 0.2) is 0 Å². The number of methoxy groups -OCH3 is 3. The van der Waals surface area contributed by atoms with E-state index >= 15 is 0 Å². The van der Waals surface area contributed by atoms with Crippen molar-refractivity contribution in [1.29, 1.82) is 0 Å². The summed E-state index contributed by atoms with van der Waals surface area (Å²) in [6.07, 6.45) is 0.662. The van der Waals surface area contributed by atoms with E-state index in [4.69, 9.17) is 14.0 Å². The van der Waals surface area contributed by atoms with Crippen molar-refractivity contribution in [1.82, 2.24) is 0 Å². The van der Waals surface area contributed by atoms with Crippen LogP contribution >= 0.6 is 0 Å². The SMILES string of the molecule is COC(=O)CCCc1c(C)c(OS(=O)(=O)O)c(OC)c(OC)c1O. The van der Waals surface area contributed by atoms with Crippen molar-refractivity contribution in [2.45, 2.75) is 26.2 Å². The van der Waals surface area contributed by atoms with Gasteiger partial charge in [-0.3, -0.25) is 9.35 Å². The third-order valence-electron chi connectivity index (χ3n) is 3.34. The van der Waals surface area contributed by atoms with Gasteiger partial charge in [-0.05, 0) is 19.8 Å². The molecule has 0 radical (unpaired) electrons. The van der Waals surface area contributed by atoms with Gasteiger partial charge in [0, 0.05) is 17.5 Å². The molecule has 0 aliphatic heterocycles. The van der Waals surface area contributed by atoms with Crippen molar-refractivity contribution in [2.75, 3.05) is 21.3 Å². The van der Waals surface area contributed by atoms with Crippen LogP contribution < -0.4 is 13.7 Å². The number of ether oxygens (including phenoxy) is 3. The van der Waals surface area contributed by atoms with Crippen molar-refractivity contribution >= 4 is 16.4 Å². The van der Waals surface area contributed by atoms with E-state index in [1.807, 2.05) is 0 Å². The fourth-order valence-electron chi connectivity index (χ4n) is 2.23. The van der Waals surface area contributed by atoms with Crippen LogP contribution in [0.1, 0.15) is 24.0 Å². The molecule has 0 spiro atoms. The predicted octanol–water partition coefficient (Wildman–Crippen LogP) is 1.40. The minimum Gasteiger partial charge on any atom is -0.504 e. The maximum atomic E-state index is 11.2. The van der Waals surface area contributed by atoms with Gasteiger partial charge in [0.25, 0.3) is 0 Å². The lowest BCUT2D eigenvalue weighted by molar-refractivity contribution is -0.140. The molecular formula is C14H20O9S. The maximum Gasteiger partial charge on any atom is 0.446 e. The fourth-order valence-corrected chi connectivity index (χ4v) is 2.64. The zero-order chi connectivity index (χ0) is 18.5. The second kappa shape index (κ2) is 8.06. The normalized spacial score (nSPS) is 11.0. The second-order valence-electron chi connectivity index (χ2n) is 4.79. The van der Waals surface area contributed by atoms with Gasteiger partial charge in [-0.25, -0.2) is 0 Å². The first kappa shape index (κ1) is 19.8. The summed E-state index contributed by atoms with van der Waals surface area (Å²) in [4.78, 5) is 11.2. The molecule has 9 nitrogen and oxygen atoms in total. The lowest BCUT2D eigenvalue weighted by atomic mass is 9.99. The van der Waals surface area contributed by atoms with E-state index < -0.39 is 16.4 Å². The molecule has 0 atom stereocenters. The van der Waals surface area contributed by atoms with Crippen LogP contribution in [-0.2, 0) is 26.4 Å². The monoisotopic (exact) mass is 364 g/mol. The molecule has 0 unspecified atom stereocenters. The van der Waals surface area contributed by atoms with Crippen molar-refractivity contribution in [3.05, 3.63) is 11.1 Å². The number of aromatic hydroxyl groups is 1. The van der Waals surface area contributed by atoms with E-state index in [0.717, 1.165) is 0 Å². The van der Waals surface area contributed by atoms with Crippen LogP contribution in [0.2, 0.25) is 0 Å². The van der Waals surface area contributed by atoms with Crippen LogP contribution in [-0.4, -0.2) is 45.4 Å². The van der Waals surface area contributed by atoms with Gasteiger partial charge in [0.2, 0.25) is 11.5 Å². The number of rotatable bonds is 8. The number of hydrogen-bond donors (Lipinski definition) is 2. The molecule has 0 aromatic heterocycles. The topological polar surface area (TPSA) is 129 Å². The highest BCUT2D eigenvalue weighted by atomic mass is 32.3. The number of phenols is 1. The highest BCUT2D eigenvalue weighted by Crippen LogP contribution is 2.49. The Bertz CT molecular complexity index is 710. The Morgan fingerprint density at radius 2 is 1.67 bits per heavy atom. The number of carbonyl (C=O) groups is 1. The van der Waals surface area contributed by atoms with Gasteiger partial charge < -0.3 is 23.5 Å². The maximum absolute atomic E-state index is 11.2. The van der Waals surface area contributed by atoms with E-state index in [9.17, 15) is 18.3 Å². The molecule has 0 saturated heterocycles. The van der Waals surface area contributed by atoms with Gasteiger partial charge >= 0.3 is 16.4 Å². The molecule has 10 heteroatoms. The number of phenolic OH excluding ortho intramolecular Hbond substituents is 1. The number of benzene rings is 1. The van der Waals surface area contributed by atoms with Crippen LogP contribution in [0.25, 0.3) is 0 Å². The Morgan fingerprint density at radius 3 is 2.12 bits per heavy atom. The summed E-state index contributed by atoms with van der Waals surface area (Å²) in [5.41, 5.74) is 0.530. The van der Waals surface area contributed by atoms with Crippen molar-refractivity contribution in [3.8, 4) is 23.0 Å². The quantitative estimate of drug-likeness (QED) is 0.519. The molecule has 0 saturated carbocycles. The Labute approximate surface area is 140 Å². The molecule has 0 amide bonds. The third kappa shape index (κ3) is 4.65. The molecule has 0 heterocycles. The number of esters is 1. The highest BCUT2D eigenvalue weighted by molar-refractivity contribution is 7.81. The molecule has 24 heavy (non-hydrogen) atoms. The largest absolute Gasteiger partial charge is 0.504 e. The predicted molar refractivity (Wildman–Crippen MR) is 83.1 cm³/mol. The molecule has 0 fully saturated rings. The van der Waals surface area contributed by atoms with E-state index in [2.05, 4.69) is 8.92 Å². The fraction of sp³-hybridized carbons (Fsp3) is 0.500. The molecule has 1 aromatic carbocycles. The minimum atomic E-state index is -4.82. The summed E-state index contributed by atoms with van der Waals surface area (Å²) < 4.78 is 50.3. The summed E-state index contributed by atoms with van der Waals surface area (Å²) in [5.74, 6) is -1.30. The lowest BCUT2D eigenvalue weighted by Crippen LogP contribution is -2.11. The number of carbonyl (C=O) groups excluding carboxylic acids is 1. The Hall–Kier alpha value is -2.20. The van der Waals surface area contributed by atoms with E-state index in [-0.39, 0.29) is 41.4 Å². The molecule has 1 aromatic rings. The highest BCUT2D eigenvalue weighted by Gasteiger charge is 2.27. The Balaban J connectivity index is 3.37. The van der Waals surface area contributed by atoms with Gasteiger partial charge in [-0.1, -0.05) is 0 Å². The van der Waals surface area contributed by atoms with Gasteiger partial charge in [0.05, 0.1) is 21.3 Å². The second-order valence-corrected chi connectivity index (χ2v) is 5.81. The number of hydrogen-bond acceptors (Lipinski definition) is 8. The van der Waals surface area contributed by atoms with Crippen LogP contribution in [0.4, 0.5) is 0 Å². The van der Waals surface area contributed by atoms with Crippen LogP contribution in [0.5, 0.6) is 23.0 Å². The summed E-state index contributed by atoms with van der Waals surface area (Å²) in [6.45, 7) is 1.48. The van der Waals surface area contributed by atoms with E-state index in [1.54, 1.807) is 0 Å². The molecule has 136 valence electrons. The molecule has 0 aliphatic carbocycles. The molecule has 1 rings (SSSR count). The molecule has 2 N–H and O–H groups in total. The average Bonchev–Trinajstić information content (AvgIpc) is 2.51. The Kier molecular flexibility index (Phi) is 6.67. The summed E-state index contributed by atoms with van der Waals surface area (Å²) in [7, 11) is -1.07. The van der Waals surface area contributed by atoms with Gasteiger partial charge in [-0.2, -0.15) is 8.42 Å². The van der Waals surface area contributed by atoms with Crippen LogP contribution in [0, 0.1) is 6.92 Å². The van der Waals surface area contributed by atoms with Crippen molar-refractivity contribution < 1.29 is 41.3 Å². The van der Waals surface area contributed by atoms with Gasteiger partial charge in [0.1, 0.15) is 0 Å². The minimum absolute atomic E-state index is 0.109. The average molecular weight is 364 g/mol. The smallest absolute Gasteiger partial charge is 0.446 e. The van der Waals surface area contributed by atoms with E-state index in [0.29, 0.717) is 12.0 Å². The van der Waals surface area contributed by atoms with Crippen molar-refractivity contribution in [2.24, 2.45) is 0 Å². The van der Waals surface area contributed by atoms with Crippen LogP contribution in [0.3, 0.4) is 0 Å². The van der Waals surface area contributed by atoms with Gasteiger partial charge in [-0.15, -0.1) is 0 Å². The van der Waals surface area contributed by atoms with Crippen molar-refractivity contribution in [3.63, 3.8) is 0 Å². The summed E-state index contributed by atoms with van der Waals surface area (Å²) in [6, 6.07) is 0. The molecular weight excluding hydrogens is 344 g/mol. The summed E-state index contributed by atoms with van der Waals surface area (Å²) in [5, 5.41) is 10.3. The standard InChI is InChI=1S/C14H20O9S/c1-8-9(6-5-7-10(15)20-2)11(16)13(21-3)14(22-4)12(8)23-24(17,18)19/h16H,5-7H2,1-4H3,(H,17,18,19).